The Balaban J connectivity index is 2.66. The standard InChI is InChI=1S/C12H18BrN3/c1-3-11(12(14)15)16(2)8-9-4-6-10(13)7-5-9/h4-7,11H,3,8H2,1-2H3,(H3,14,15). The molecule has 0 aliphatic rings. The Bertz CT molecular complexity index is 348. The van der Waals surface area contributed by atoms with Gasteiger partial charge in [0.2, 0.25) is 0 Å². The molecule has 16 heavy (non-hydrogen) atoms. The van der Waals surface area contributed by atoms with Crippen LogP contribution in [-0.4, -0.2) is 23.8 Å². The first kappa shape index (κ1) is 13.2. The zero-order chi connectivity index (χ0) is 12.1. The van der Waals surface area contributed by atoms with Gasteiger partial charge in [-0.25, -0.2) is 0 Å². The van der Waals surface area contributed by atoms with Crippen LogP contribution in [0.4, 0.5) is 0 Å². The van der Waals surface area contributed by atoms with Crippen molar-refractivity contribution in [3.63, 3.8) is 0 Å². The summed E-state index contributed by atoms with van der Waals surface area (Å²) in [5.74, 6) is 0.238. The van der Waals surface area contributed by atoms with Gasteiger partial charge in [-0.05, 0) is 31.2 Å². The Morgan fingerprint density at radius 1 is 1.44 bits per heavy atom. The van der Waals surface area contributed by atoms with E-state index in [1.165, 1.54) is 5.56 Å². The Kier molecular flexibility index (Phi) is 4.96. The quantitative estimate of drug-likeness (QED) is 0.645. The summed E-state index contributed by atoms with van der Waals surface area (Å²) >= 11 is 3.41. The first-order valence-corrected chi connectivity index (χ1v) is 6.12. The topological polar surface area (TPSA) is 53.1 Å². The van der Waals surface area contributed by atoms with Gasteiger partial charge in [0.15, 0.2) is 0 Å². The zero-order valence-electron chi connectivity index (χ0n) is 9.70. The summed E-state index contributed by atoms with van der Waals surface area (Å²) in [7, 11) is 2.00. The lowest BCUT2D eigenvalue weighted by Crippen LogP contribution is -2.41. The molecule has 0 saturated heterocycles. The van der Waals surface area contributed by atoms with Crippen LogP contribution in [0, 0.1) is 5.41 Å². The normalized spacial score (nSPS) is 12.8. The van der Waals surface area contributed by atoms with Crippen LogP contribution in [0.25, 0.3) is 0 Å². The Morgan fingerprint density at radius 3 is 2.44 bits per heavy atom. The van der Waals surface area contributed by atoms with Crippen LogP contribution in [0.5, 0.6) is 0 Å². The molecule has 3 N–H and O–H groups in total. The van der Waals surface area contributed by atoms with Crippen molar-refractivity contribution in [3.05, 3.63) is 34.3 Å². The van der Waals surface area contributed by atoms with Gasteiger partial charge in [0, 0.05) is 11.0 Å². The fourth-order valence-corrected chi connectivity index (χ4v) is 2.02. The average molecular weight is 284 g/mol. The fourth-order valence-electron chi connectivity index (χ4n) is 1.76. The van der Waals surface area contributed by atoms with Gasteiger partial charge in [-0.2, -0.15) is 0 Å². The summed E-state index contributed by atoms with van der Waals surface area (Å²) in [6, 6.07) is 8.24. The summed E-state index contributed by atoms with van der Waals surface area (Å²) in [5, 5.41) is 7.51. The van der Waals surface area contributed by atoms with Crippen LogP contribution < -0.4 is 5.73 Å². The van der Waals surface area contributed by atoms with E-state index in [-0.39, 0.29) is 11.9 Å². The Labute approximate surface area is 105 Å². The van der Waals surface area contributed by atoms with Crippen LogP contribution in [0.1, 0.15) is 18.9 Å². The van der Waals surface area contributed by atoms with Crippen LogP contribution >= 0.6 is 15.9 Å². The van der Waals surface area contributed by atoms with Gasteiger partial charge in [0.25, 0.3) is 0 Å². The third kappa shape index (κ3) is 3.61. The Hall–Kier alpha value is -0.870. The first-order valence-electron chi connectivity index (χ1n) is 5.33. The number of rotatable bonds is 5. The number of hydrogen-bond acceptors (Lipinski definition) is 2. The largest absolute Gasteiger partial charge is 0.386 e. The highest BCUT2D eigenvalue weighted by Gasteiger charge is 2.15. The molecule has 1 rings (SSSR count). The van der Waals surface area contributed by atoms with Crippen molar-refractivity contribution < 1.29 is 0 Å². The molecule has 0 saturated carbocycles. The lowest BCUT2D eigenvalue weighted by atomic mass is 10.1. The number of nitrogens with two attached hydrogens (primary N) is 1. The van der Waals surface area contributed by atoms with E-state index in [9.17, 15) is 0 Å². The molecule has 0 spiro atoms. The predicted molar refractivity (Wildman–Crippen MR) is 71.6 cm³/mol. The summed E-state index contributed by atoms with van der Waals surface area (Å²) in [6.45, 7) is 2.86. The van der Waals surface area contributed by atoms with Gasteiger partial charge in [0.1, 0.15) is 5.84 Å². The fraction of sp³-hybridized carbons (Fsp3) is 0.417. The smallest absolute Gasteiger partial charge is 0.108 e. The second-order valence-corrected chi connectivity index (χ2v) is 4.84. The molecule has 1 aromatic rings. The summed E-state index contributed by atoms with van der Waals surface area (Å²) in [4.78, 5) is 2.10. The minimum atomic E-state index is 0.0312. The Morgan fingerprint density at radius 2 is 2.00 bits per heavy atom. The molecule has 0 aromatic heterocycles. The molecule has 0 fully saturated rings. The second kappa shape index (κ2) is 6.01. The molecule has 88 valence electrons. The van der Waals surface area contributed by atoms with E-state index in [1.807, 2.05) is 26.1 Å². The first-order chi connectivity index (χ1) is 7.54. The third-order valence-corrected chi connectivity index (χ3v) is 3.15. The van der Waals surface area contributed by atoms with E-state index in [4.69, 9.17) is 11.1 Å². The van der Waals surface area contributed by atoms with Crippen molar-refractivity contribution in [2.45, 2.75) is 25.9 Å². The minimum absolute atomic E-state index is 0.0312. The van der Waals surface area contributed by atoms with Crippen molar-refractivity contribution >= 4 is 21.8 Å². The number of hydrogen-bond donors (Lipinski definition) is 2. The van der Waals surface area contributed by atoms with E-state index in [0.29, 0.717) is 0 Å². The number of nitrogens with zero attached hydrogens (tertiary/aromatic N) is 1. The molecule has 0 radical (unpaired) electrons. The highest BCUT2D eigenvalue weighted by molar-refractivity contribution is 9.10. The van der Waals surface area contributed by atoms with Crippen molar-refractivity contribution in [1.29, 1.82) is 5.41 Å². The SMILES string of the molecule is CCC(C(=N)N)N(C)Cc1ccc(Br)cc1. The maximum absolute atomic E-state index is 7.51. The monoisotopic (exact) mass is 283 g/mol. The molecular formula is C12H18BrN3. The molecule has 1 atom stereocenters. The number of amidine groups is 1. The van der Waals surface area contributed by atoms with Gasteiger partial charge in [-0.3, -0.25) is 10.3 Å². The van der Waals surface area contributed by atoms with Crippen molar-refractivity contribution in [2.75, 3.05) is 7.05 Å². The second-order valence-electron chi connectivity index (χ2n) is 3.92. The molecule has 1 unspecified atom stereocenters. The summed E-state index contributed by atoms with van der Waals surface area (Å²) in [5.41, 5.74) is 6.79. The molecule has 0 aliphatic carbocycles. The van der Waals surface area contributed by atoms with E-state index in [2.05, 4.69) is 33.0 Å². The molecule has 1 aromatic carbocycles. The maximum atomic E-state index is 7.51. The summed E-state index contributed by atoms with van der Waals surface area (Å²) < 4.78 is 1.08. The molecular weight excluding hydrogens is 266 g/mol. The van der Waals surface area contributed by atoms with Crippen molar-refractivity contribution in [1.82, 2.24) is 4.90 Å². The molecule has 0 amide bonds. The third-order valence-electron chi connectivity index (χ3n) is 2.62. The minimum Gasteiger partial charge on any atom is -0.386 e. The summed E-state index contributed by atoms with van der Waals surface area (Å²) in [6.07, 6.45) is 0.863. The van der Waals surface area contributed by atoms with E-state index < -0.39 is 0 Å². The van der Waals surface area contributed by atoms with Crippen LogP contribution in [-0.2, 0) is 6.54 Å². The molecule has 3 nitrogen and oxygen atoms in total. The average Bonchev–Trinajstić information content (AvgIpc) is 2.22. The lowest BCUT2D eigenvalue weighted by Gasteiger charge is -2.25. The van der Waals surface area contributed by atoms with Crippen LogP contribution in [0.3, 0.4) is 0 Å². The van der Waals surface area contributed by atoms with Crippen molar-refractivity contribution in [3.8, 4) is 0 Å². The van der Waals surface area contributed by atoms with Gasteiger partial charge in [-0.1, -0.05) is 35.0 Å². The van der Waals surface area contributed by atoms with Gasteiger partial charge < -0.3 is 5.73 Å². The van der Waals surface area contributed by atoms with Crippen molar-refractivity contribution in [2.24, 2.45) is 5.73 Å². The highest BCUT2D eigenvalue weighted by Crippen LogP contribution is 2.13. The van der Waals surface area contributed by atoms with Crippen LogP contribution in [0.15, 0.2) is 28.7 Å². The van der Waals surface area contributed by atoms with E-state index in [1.54, 1.807) is 0 Å². The van der Waals surface area contributed by atoms with Gasteiger partial charge in [-0.15, -0.1) is 0 Å². The van der Waals surface area contributed by atoms with E-state index in [0.717, 1.165) is 17.4 Å². The predicted octanol–water partition coefficient (Wildman–Crippen LogP) is 2.60. The number of benzene rings is 1. The lowest BCUT2D eigenvalue weighted by molar-refractivity contribution is 0.281. The number of nitrogens with one attached hydrogen (secondary N) is 1. The maximum Gasteiger partial charge on any atom is 0.108 e. The highest BCUT2D eigenvalue weighted by atomic mass is 79.9. The van der Waals surface area contributed by atoms with Gasteiger partial charge >= 0.3 is 0 Å². The molecule has 0 heterocycles. The number of likely N-dealkylation sites (N-methyl/N-ethyl adjacent to an activating group) is 1. The van der Waals surface area contributed by atoms with Crippen LogP contribution in [0.2, 0.25) is 0 Å². The molecule has 0 aliphatic heterocycles. The van der Waals surface area contributed by atoms with E-state index >= 15 is 0 Å². The zero-order valence-corrected chi connectivity index (χ0v) is 11.3. The number of halogens is 1. The molecule has 0 bridgehead atoms. The molecule has 4 heteroatoms. The van der Waals surface area contributed by atoms with Gasteiger partial charge in [0.05, 0.1) is 6.04 Å².